The molecule has 1 amide bonds. The second-order valence-corrected chi connectivity index (χ2v) is 5.11. The van der Waals surface area contributed by atoms with Crippen LogP contribution in [0.15, 0.2) is 0 Å². The summed E-state index contributed by atoms with van der Waals surface area (Å²) >= 11 is 1.49. The molecular formula is C8H14INO5. The van der Waals surface area contributed by atoms with Gasteiger partial charge in [0.05, 0.1) is 0 Å². The third-order valence-electron chi connectivity index (χ3n) is 1.21. The molecule has 0 aliphatic rings. The Morgan fingerprint density at radius 1 is 1.40 bits per heavy atom. The Balaban J connectivity index is 4.31. The fourth-order valence-corrected chi connectivity index (χ4v) is 1.17. The van der Waals surface area contributed by atoms with Crippen LogP contribution in [-0.2, 0) is 9.53 Å². The van der Waals surface area contributed by atoms with Crippen molar-refractivity contribution in [2.75, 3.05) is 0 Å². The minimum atomic E-state index is -1.37. The second-order valence-electron chi connectivity index (χ2n) is 3.83. The Labute approximate surface area is 101 Å². The molecule has 7 heteroatoms. The van der Waals surface area contributed by atoms with Gasteiger partial charge in [0, 0.05) is 0 Å². The van der Waals surface area contributed by atoms with E-state index in [0.29, 0.717) is 0 Å². The largest absolute Gasteiger partial charge is 0.480 e. The van der Waals surface area contributed by atoms with E-state index < -0.39 is 27.8 Å². The molecule has 0 rings (SSSR count). The van der Waals surface area contributed by atoms with Crippen LogP contribution in [0.25, 0.3) is 0 Å². The molecule has 3 N–H and O–H groups in total. The van der Waals surface area contributed by atoms with E-state index in [0.717, 1.165) is 0 Å². The van der Waals surface area contributed by atoms with E-state index in [-0.39, 0.29) is 0 Å². The molecule has 0 aromatic carbocycles. The Hall–Kier alpha value is -0.570. The molecule has 88 valence electrons. The number of rotatable bonds is 3. The number of aliphatic carboxylic acids is 1. The highest BCUT2D eigenvalue weighted by molar-refractivity contribution is 14.1. The smallest absolute Gasteiger partial charge is 0.408 e. The lowest BCUT2D eigenvalue weighted by atomic mass is 10.2. The van der Waals surface area contributed by atoms with Crippen molar-refractivity contribution in [3.8, 4) is 0 Å². The zero-order chi connectivity index (χ0) is 12.2. The lowest BCUT2D eigenvalue weighted by Gasteiger charge is -2.22. The van der Waals surface area contributed by atoms with Crippen molar-refractivity contribution >= 4 is 34.7 Å². The number of carbonyl (C=O) groups excluding carboxylic acids is 1. The van der Waals surface area contributed by atoms with E-state index in [2.05, 4.69) is 5.32 Å². The van der Waals surface area contributed by atoms with E-state index in [1.54, 1.807) is 20.8 Å². The number of alkyl halides is 1. The summed E-state index contributed by atoms with van der Waals surface area (Å²) in [6.45, 7) is 4.97. The summed E-state index contributed by atoms with van der Waals surface area (Å²) in [7, 11) is 0. The third kappa shape index (κ3) is 6.50. The molecule has 15 heavy (non-hydrogen) atoms. The molecule has 0 aliphatic heterocycles. The van der Waals surface area contributed by atoms with E-state index >= 15 is 0 Å². The normalized spacial score (nSPS) is 15.3. The zero-order valence-electron chi connectivity index (χ0n) is 8.65. The quantitative estimate of drug-likeness (QED) is 0.523. The van der Waals surface area contributed by atoms with Gasteiger partial charge < -0.3 is 20.3 Å². The van der Waals surface area contributed by atoms with Crippen molar-refractivity contribution < 1.29 is 24.5 Å². The van der Waals surface area contributed by atoms with Crippen molar-refractivity contribution in [2.24, 2.45) is 0 Å². The fourth-order valence-electron chi connectivity index (χ4n) is 0.683. The first-order chi connectivity index (χ1) is 6.63. The number of hydrogen-bond donors (Lipinski definition) is 3. The van der Waals surface area contributed by atoms with Crippen LogP contribution in [0.5, 0.6) is 0 Å². The molecule has 0 aliphatic carbocycles. The molecule has 0 aromatic heterocycles. The highest BCUT2D eigenvalue weighted by Crippen LogP contribution is 2.08. The van der Waals surface area contributed by atoms with Gasteiger partial charge in [0.25, 0.3) is 0 Å². The number of ether oxygens (including phenoxy) is 1. The minimum Gasteiger partial charge on any atom is -0.480 e. The molecule has 0 saturated heterocycles. The predicted molar refractivity (Wildman–Crippen MR) is 60.8 cm³/mol. The average molecular weight is 331 g/mol. The number of halogens is 1. The molecule has 0 fully saturated rings. The number of aliphatic hydroxyl groups is 1. The molecule has 0 heterocycles. The van der Waals surface area contributed by atoms with Gasteiger partial charge in [0.15, 0.2) is 6.04 Å². The maximum Gasteiger partial charge on any atom is 0.408 e. The zero-order valence-corrected chi connectivity index (χ0v) is 10.8. The van der Waals surface area contributed by atoms with Gasteiger partial charge in [-0.15, -0.1) is 0 Å². The SMILES string of the molecule is CC(C)(C)OC(=O)NC(C(=O)O)C(O)I. The molecule has 0 aromatic rings. The van der Waals surface area contributed by atoms with Gasteiger partial charge in [-0.1, -0.05) is 0 Å². The van der Waals surface area contributed by atoms with Gasteiger partial charge in [-0.05, 0) is 43.4 Å². The molecule has 0 spiro atoms. The number of amides is 1. The van der Waals surface area contributed by atoms with Gasteiger partial charge in [-0.2, -0.15) is 0 Å². The average Bonchev–Trinajstić information content (AvgIpc) is 1.95. The van der Waals surface area contributed by atoms with Crippen molar-refractivity contribution in [1.82, 2.24) is 5.32 Å². The van der Waals surface area contributed by atoms with Crippen molar-refractivity contribution in [2.45, 2.75) is 36.5 Å². The number of nitrogens with one attached hydrogen (secondary N) is 1. The van der Waals surface area contributed by atoms with Crippen molar-refractivity contribution in [3.63, 3.8) is 0 Å². The molecule has 2 atom stereocenters. The number of carboxylic acids is 1. The second kappa shape index (κ2) is 5.50. The van der Waals surface area contributed by atoms with Crippen LogP contribution in [0.2, 0.25) is 0 Å². The highest BCUT2D eigenvalue weighted by atomic mass is 127. The summed E-state index contributed by atoms with van der Waals surface area (Å²) in [5.74, 6) is -1.32. The van der Waals surface area contributed by atoms with Crippen LogP contribution >= 0.6 is 22.6 Å². The molecule has 6 nitrogen and oxygen atoms in total. The van der Waals surface area contributed by atoms with E-state index in [1.807, 2.05) is 0 Å². The lowest BCUT2D eigenvalue weighted by molar-refractivity contribution is -0.140. The maximum atomic E-state index is 11.2. The number of carbonyl (C=O) groups is 2. The number of carboxylic acid groups (broad SMARTS) is 1. The Morgan fingerprint density at radius 3 is 2.13 bits per heavy atom. The first kappa shape index (κ1) is 14.4. The maximum absolute atomic E-state index is 11.2. The highest BCUT2D eigenvalue weighted by Gasteiger charge is 2.28. The van der Waals surface area contributed by atoms with Crippen LogP contribution in [-0.4, -0.2) is 38.0 Å². The Morgan fingerprint density at radius 2 is 1.87 bits per heavy atom. The van der Waals surface area contributed by atoms with E-state index in [9.17, 15) is 9.59 Å². The summed E-state index contributed by atoms with van der Waals surface area (Å²) in [5, 5.41) is 19.8. The van der Waals surface area contributed by atoms with Gasteiger partial charge in [0.2, 0.25) is 0 Å². The van der Waals surface area contributed by atoms with Crippen LogP contribution in [0.3, 0.4) is 0 Å². The summed E-state index contributed by atoms with van der Waals surface area (Å²) in [5.41, 5.74) is -0.705. The van der Waals surface area contributed by atoms with Crippen LogP contribution in [0, 0.1) is 0 Å². The first-order valence-electron chi connectivity index (χ1n) is 4.18. The first-order valence-corrected chi connectivity index (χ1v) is 5.42. The molecular weight excluding hydrogens is 317 g/mol. The Bertz CT molecular complexity index is 248. The van der Waals surface area contributed by atoms with Gasteiger partial charge >= 0.3 is 12.1 Å². The topological polar surface area (TPSA) is 95.9 Å². The number of hydrogen-bond acceptors (Lipinski definition) is 4. The fraction of sp³-hybridized carbons (Fsp3) is 0.750. The number of aliphatic hydroxyl groups excluding tert-OH is 1. The third-order valence-corrected chi connectivity index (χ3v) is 1.93. The van der Waals surface area contributed by atoms with Gasteiger partial charge in [-0.25, -0.2) is 9.59 Å². The lowest BCUT2D eigenvalue weighted by Crippen LogP contribution is -2.48. The van der Waals surface area contributed by atoms with E-state index in [4.69, 9.17) is 14.9 Å². The number of alkyl carbamates (subject to hydrolysis) is 1. The summed E-state index contributed by atoms with van der Waals surface area (Å²) in [6, 6.07) is -1.37. The van der Waals surface area contributed by atoms with Gasteiger partial charge in [-0.3, -0.25) is 0 Å². The monoisotopic (exact) mass is 331 g/mol. The predicted octanol–water partition coefficient (Wildman–Crippen LogP) is 0.718. The van der Waals surface area contributed by atoms with Gasteiger partial charge in [0.1, 0.15) is 9.71 Å². The molecule has 2 unspecified atom stereocenters. The van der Waals surface area contributed by atoms with Crippen molar-refractivity contribution in [1.29, 1.82) is 0 Å². The van der Waals surface area contributed by atoms with E-state index in [1.165, 1.54) is 22.6 Å². The summed E-state index contributed by atoms with van der Waals surface area (Å²) in [6.07, 6.45) is -0.870. The van der Waals surface area contributed by atoms with Crippen molar-refractivity contribution in [3.05, 3.63) is 0 Å². The summed E-state index contributed by atoms with van der Waals surface area (Å²) in [4.78, 5) is 21.8. The molecule has 0 saturated carbocycles. The van der Waals surface area contributed by atoms with Crippen LogP contribution in [0.1, 0.15) is 20.8 Å². The molecule has 0 bridgehead atoms. The van der Waals surface area contributed by atoms with Crippen LogP contribution < -0.4 is 5.32 Å². The standard InChI is InChI=1S/C8H14INO5/c1-8(2,3)15-7(14)10-4(5(9)11)6(12)13/h4-5,11H,1-3H3,(H,10,14)(H,12,13). The Kier molecular flexibility index (Phi) is 5.29. The minimum absolute atomic E-state index is 0.705. The molecule has 0 radical (unpaired) electrons. The summed E-state index contributed by atoms with van der Waals surface area (Å²) < 4.78 is 3.63. The van der Waals surface area contributed by atoms with Crippen LogP contribution in [0.4, 0.5) is 4.79 Å².